The molecule has 1 heteroatoms. The van der Waals surface area contributed by atoms with Crippen molar-refractivity contribution in [2.45, 2.75) is 52.6 Å². The van der Waals surface area contributed by atoms with Crippen LogP contribution in [0.15, 0.2) is 0 Å². The SMILES string of the molecule is CC(C)[C@@]12CC[C@H](C)C(C)(C1)OC2. The molecule has 0 spiro atoms. The van der Waals surface area contributed by atoms with E-state index in [1.807, 2.05) is 0 Å². The van der Waals surface area contributed by atoms with E-state index >= 15 is 0 Å². The van der Waals surface area contributed by atoms with Gasteiger partial charge in [0, 0.05) is 0 Å². The minimum Gasteiger partial charge on any atom is -0.374 e. The highest BCUT2D eigenvalue weighted by Crippen LogP contribution is 2.55. The highest BCUT2D eigenvalue weighted by Gasteiger charge is 2.54. The first-order valence-electron chi connectivity index (χ1n) is 5.62. The summed E-state index contributed by atoms with van der Waals surface area (Å²) < 4.78 is 6.04. The van der Waals surface area contributed by atoms with E-state index < -0.39 is 0 Å². The minimum absolute atomic E-state index is 0.197. The Labute approximate surface area is 81.9 Å². The lowest BCUT2D eigenvalue weighted by Crippen LogP contribution is -2.40. The van der Waals surface area contributed by atoms with Gasteiger partial charge in [-0.2, -0.15) is 0 Å². The Morgan fingerprint density at radius 1 is 1.38 bits per heavy atom. The van der Waals surface area contributed by atoms with Gasteiger partial charge in [0.25, 0.3) is 0 Å². The molecular formula is C12H22O. The van der Waals surface area contributed by atoms with Crippen molar-refractivity contribution in [2.24, 2.45) is 17.3 Å². The fourth-order valence-electron chi connectivity index (χ4n) is 3.06. The molecule has 0 aromatic carbocycles. The maximum atomic E-state index is 6.04. The average Bonchev–Trinajstić information content (AvgIpc) is 2.36. The Kier molecular flexibility index (Phi) is 1.99. The van der Waals surface area contributed by atoms with Gasteiger partial charge in [0.1, 0.15) is 0 Å². The molecule has 1 unspecified atom stereocenters. The monoisotopic (exact) mass is 182 g/mol. The fraction of sp³-hybridized carbons (Fsp3) is 1.00. The molecule has 13 heavy (non-hydrogen) atoms. The summed E-state index contributed by atoms with van der Waals surface area (Å²) >= 11 is 0. The van der Waals surface area contributed by atoms with Crippen molar-refractivity contribution < 1.29 is 4.74 Å². The van der Waals surface area contributed by atoms with E-state index in [-0.39, 0.29) is 5.60 Å². The molecule has 2 rings (SSSR count). The average molecular weight is 182 g/mol. The lowest BCUT2D eigenvalue weighted by atomic mass is 9.62. The van der Waals surface area contributed by atoms with Crippen molar-refractivity contribution in [3.05, 3.63) is 0 Å². The van der Waals surface area contributed by atoms with Gasteiger partial charge < -0.3 is 4.74 Å². The standard InChI is InChI=1S/C12H22O/c1-9(2)12-6-5-10(3)11(4,7-12)13-8-12/h9-10H,5-8H2,1-4H3/t10-,11?,12-/m0/s1. The summed E-state index contributed by atoms with van der Waals surface area (Å²) in [6, 6.07) is 0. The summed E-state index contributed by atoms with van der Waals surface area (Å²) in [6.07, 6.45) is 4.02. The highest BCUT2D eigenvalue weighted by atomic mass is 16.5. The molecule has 2 aliphatic rings. The van der Waals surface area contributed by atoms with Crippen molar-refractivity contribution in [3.8, 4) is 0 Å². The number of rotatable bonds is 1. The predicted octanol–water partition coefficient (Wildman–Crippen LogP) is 3.24. The van der Waals surface area contributed by atoms with Crippen molar-refractivity contribution in [1.82, 2.24) is 0 Å². The lowest BCUT2D eigenvalue weighted by Gasteiger charge is -2.41. The summed E-state index contributed by atoms with van der Waals surface area (Å²) in [5.74, 6) is 1.53. The van der Waals surface area contributed by atoms with Crippen LogP contribution in [0.2, 0.25) is 0 Å². The minimum atomic E-state index is 0.197. The maximum Gasteiger partial charge on any atom is 0.0686 e. The summed E-state index contributed by atoms with van der Waals surface area (Å²) in [5, 5.41) is 0. The van der Waals surface area contributed by atoms with E-state index in [0.29, 0.717) is 5.41 Å². The predicted molar refractivity (Wildman–Crippen MR) is 54.6 cm³/mol. The molecule has 0 amide bonds. The van der Waals surface area contributed by atoms with E-state index in [1.165, 1.54) is 19.3 Å². The number of hydrogen-bond donors (Lipinski definition) is 0. The Bertz CT molecular complexity index is 207. The molecular weight excluding hydrogens is 160 g/mol. The molecule has 3 atom stereocenters. The molecule has 76 valence electrons. The van der Waals surface area contributed by atoms with Gasteiger partial charge in [-0.05, 0) is 43.4 Å². The van der Waals surface area contributed by atoms with Crippen LogP contribution in [0.5, 0.6) is 0 Å². The van der Waals surface area contributed by atoms with Crippen LogP contribution in [0.25, 0.3) is 0 Å². The van der Waals surface area contributed by atoms with Gasteiger partial charge >= 0.3 is 0 Å². The van der Waals surface area contributed by atoms with E-state index in [4.69, 9.17) is 4.74 Å². The van der Waals surface area contributed by atoms with Crippen molar-refractivity contribution in [2.75, 3.05) is 6.61 Å². The topological polar surface area (TPSA) is 9.23 Å². The van der Waals surface area contributed by atoms with Crippen LogP contribution in [0.4, 0.5) is 0 Å². The first kappa shape index (κ1) is 9.51. The Morgan fingerprint density at radius 3 is 2.69 bits per heavy atom. The molecule has 1 aliphatic heterocycles. The summed E-state index contributed by atoms with van der Waals surface area (Å²) in [6.45, 7) is 10.4. The van der Waals surface area contributed by atoms with Crippen LogP contribution in [-0.4, -0.2) is 12.2 Å². The Balaban J connectivity index is 2.23. The quantitative estimate of drug-likeness (QED) is 0.605. The largest absolute Gasteiger partial charge is 0.374 e. The molecule has 1 saturated heterocycles. The Morgan fingerprint density at radius 2 is 2.08 bits per heavy atom. The van der Waals surface area contributed by atoms with Gasteiger partial charge in [-0.15, -0.1) is 0 Å². The first-order valence-corrected chi connectivity index (χ1v) is 5.62. The summed E-state index contributed by atoms with van der Waals surface area (Å²) in [7, 11) is 0. The van der Waals surface area contributed by atoms with Crippen LogP contribution < -0.4 is 0 Å². The normalized spacial score (nSPS) is 50.1. The van der Waals surface area contributed by atoms with Crippen LogP contribution in [0.1, 0.15) is 47.0 Å². The molecule has 1 aliphatic carbocycles. The second-order valence-electron chi connectivity index (χ2n) is 5.73. The van der Waals surface area contributed by atoms with Crippen LogP contribution in [0.3, 0.4) is 0 Å². The third-order valence-electron chi connectivity index (χ3n) is 4.73. The van der Waals surface area contributed by atoms with E-state index in [9.17, 15) is 0 Å². The van der Waals surface area contributed by atoms with Gasteiger partial charge in [0.2, 0.25) is 0 Å². The molecule has 0 aromatic rings. The van der Waals surface area contributed by atoms with Crippen LogP contribution in [0, 0.1) is 17.3 Å². The van der Waals surface area contributed by atoms with E-state index in [2.05, 4.69) is 27.7 Å². The van der Waals surface area contributed by atoms with Gasteiger partial charge in [0.15, 0.2) is 0 Å². The van der Waals surface area contributed by atoms with E-state index in [1.54, 1.807) is 0 Å². The van der Waals surface area contributed by atoms with Crippen molar-refractivity contribution in [1.29, 1.82) is 0 Å². The number of ether oxygens (including phenoxy) is 1. The molecule has 0 radical (unpaired) electrons. The zero-order valence-electron chi connectivity index (χ0n) is 9.39. The first-order chi connectivity index (χ1) is 5.99. The molecule has 0 aromatic heterocycles. The van der Waals surface area contributed by atoms with Crippen LogP contribution >= 0.6 is 0 Å². The fourth-order valence-corrected chi connectivity index (χ4v) is 3.06. The Hall–Kier alpha value is -0.0400. The molecule has 1 saturated carbocycles. The van der Waals surface area contributed by atoms with Crippen molar-refractivity contribution >= 4 is 0 Å². The highest BCUT2D eigenvalue weighted by molar-refractivity contribution is 5.03. The number of fused-ring (bicyclic) bond motifs is 2. The third kappa shape index (κ3) is 1.24. The lowest BCUT2D eigenvalue weighted by molar-refractivity contribution is -0.0234. The van der Waals surface area contributed by atoms with Crippen molar-refractivity contribution in [3.63, 3.8) is 0 Å². The summed E-state index contributed by atoms with van der Waals surface area (Å²) in [5.41, 5.74) is 0.712. The second-order valence-corrected chi connectivity index (χ2v) is 5.73. The van der Waals surface area contributed by atoms with Gasteiger partial charge in [-0.3, -0.25) is 0 Å². The third-order valence-corrected chi connectivity index (χ3v) is 4.73. The molecule has 1 heterocycles. The second kappa shape index (κ2) is 2.73. The number of hydrogen-bond acceptors (Lipinski definition) is 1. The van der Waals surface area contributed by atoms with E-state index in [0.717, 1.165) is 18.4 Å². The molecule has 1 nitrogen and oxygen atoms in total. The molecule has 2 bridgehead atoms. The molecule has 2 fully saturated rings. The molecule has 0 N–H and O–H groups in total. The smallest absolute Gasteiger partial charge is 0.0686 e. The van der Waals surface area contributed by atoms with Crippen LogP contribution in [-0.2, 0) is 4.74 Å². The zero-order valence-corrected chi connectivity index (χ0v) is 9.39. The van der Waals surface area contributed by atoms with Gasteiger partial charge in [-0.1, -0.05) is 20.8 Å². The summed E-state index contributed by atoms with van der Waals surface area (Å²) in [4.78, 5) is 0. The van der Waals surface area contributed by atoms with Gasteiger partial charge in [-0.25, -0.2) is 0 Å². The maximum absolute atomic E-state index is 6.04. The van der Waals surface area contributed by atoms with Gasteiger partial charge in [0.05, 0.1) is 12.2 Å². The zero-order chi connectivity index (χ0) is 9.69.